The number of hydrogen-bond acceptors (Lipinski definition) is 6. The maximum Gasteiger partial charge on any atom is 0.350 e. The molecule has 0 N–H and O–H groups in total. The Hall–Kier alpha value is -4.80. The van der Waals surface area contributed by atoms with E-state index in [9.17, 15) is 14.4 Å². The molecule has 186 valence electrons. The molecule has 0 spiro atoms. The Morgan fingerprint density at radius 1 is 0.892 bits per heavy atom. The number of amides is 1. The molecule has 11 nitrogen and oxygen atoms in total. The highest BCUT2D eigenvalue weighted by atomic mass is 16.2. The third kappa shape index (κ3) is 4.46. The van der Waals surface area contributed by atoms with E-state index >= 15 is 0 Å². The maximum absolute atomic E-state index is 13.0. The highest BCUT2D eigenvalue weighted by molar-refractivity contribution is 5.78. The molecule has 3 aromatic heterocycles. The van der Waals surface area contributed by atoms with Crippen LogP contribution in [0.4, 0.5) is 0 Å². The van der Waals surface area contributed by atoms with Gasteiger partial charge in [-0.2, -0.15) is 0 Å². The molecule has 1 aliphatic rings. The summed E-state index contributed by atoms with van der Waals surface area (Å²) in [6.07, 6.45) is 5.30. The molecule has 1 fully saturated rings. The van der Waals surface area contributed by atoms with E-state index in [1.165, 1.54) is 19.8 Å². The van der Waals surface area contributed by atoms with E-state index in [4.69, 9.17) is 0 Å². The van der Waals surface area contributed by atoms with E-state index in [0.717, 1.165) is 5.56 Å². The Morgan fingerprint density at radius 2 is 1.65 bits per heavy atom. The van der Waals surface area contributed by atoms with Gasteiger partial charge in [-0.3, -0.25) is 18.8 Å². The van der Waals surface area contributed by atoms with E-state index < -0.39 is 5.69 Å². The molecule has 1 amide bonds. The summed E-state index contributed by atoms with van der Waals surface area (Å²) >= 11 is 0. The minimum Gasteiger partial charge on any atom is -0.338 e. The van der Waals surface area contributed by atoms with Gasteiger partial charge in [-0.1, -0.05) is 53.7 Å². The maximum atomic E-state index is 13.0. The molecule has 0 radical (unpaired) electrons. The number of carbonyl (C=O) groups is 1. The number of likely N-dealkylation sites (tertiary alicyclic amines) is 1. The van der Waals surface area contributed by atoms with Crippen LogP contribution in [0.15, 0.2) is 88.8 Å². The molecule has 37 heavy (non-hydrogen) atoms. The van der Waals surface area contributed by atoms with Crippen molar-refractivity contribution in [2.24, 2.45) is 5.92 Å². The number of rotatable bonds is 7. The largest absolute Gasteiger partial charge is 0.350 e. The van der Waals surface area contributed by atoms with Crippen LogP contribution in [0.25, 0.3) is 11.3 Å². The Bertz CT molecular complexity index is 1680. The van der Waals surface area contributed by atoms with Gasteiger partial charge in [0.15, 0.2) is 0 Å². The molecular weight excluding hydrogens is 472 g/mol. The van der Waals surface area contributed by atoms with E-state index in [2.05, 4.69) is 15.4 Å². The summed E-state index contributed by atoms with van der Waals surface area (Å²) in [6.45, 7) is 1.88. The molecule has 1 saturated heterocycles. The van der Waals surface area contributed by atoms with Crippen molar-refractivity contribution < 1.29 is 4.79 Å². The van der Waals surface area contributed by atoms with Crippen molar-refractivity contribution in [3.63, 3.8) is 0 Å². The second kappa shape index (κ2) is 9.34. The number of nitrogens with zero attached hydrogens (tertiary/aromatic N) is 8. The summed E-state index contributed by atoms with van der Waals surface area (Å²) in [5.74, 6) is 0.256. The van der Waals surface area contributed by atoms with Crippen LogP contribution < -0.4 is 11.2 Å². The van der Waals surface area contributed by atoms with Gasteiger partial charge in [-0.05, 0) is 17.7 Å². The number of aromatic nitrogens is 7. The minimum absolute atomic E-state index is 0.0340. The fraction of sp³-hybridized carbons (Fsp3) is 0.231. The first-order valence-electron chi connectivity index (χ1n) is 12.0. The van der Waals surface area contributed by atoms with Crippen molar-refractivity contribution >= 4 is 11.6 Å². The van der Waals surface area contributed by atoms with Gasteiger partial charge in [0, 0.05) is 50.1 Å². The predicted molar refractivity (Wildman–Crippen MR) is 134 cm³/mol. The fourth-order valence-electron chi connectivity index (χ4n) is 4.76. The van der Waals surface area contributed by atoms with Crippen LogP contribution in [0.5, 0.6) is 0 Å². The first kappa shape index (κ1) is 22.7. The van der Waals surface area contributed by atoms with Crippen molar-refractivity contribution in [3.05, 3.63) is 111 Å². The molecular formula is C26H24N8O3. The molecule has 1 aliphatic heterocycles. The van der Waals surface area contributed by atoms with Gasteiger partial charge in [-0.25, -0.2) is 13.9 Å². The van der Waals surface area contributed by atoms with E-state index in [-0.39, 0.29) is 29.6 Å². The van der Waals surface area contributed by atoms with Crippen molar-refractivity contribution in [1.29, 1.82) is 0 Å². The summed E-state index contributed by atoms with van der Waals surface area (Å²) in [5.41, 5.74) is 1.55. The first-order valence-corrected chi connectivity index (χ1v) is 12.0. The topological polar surface area (TPSA) is 112 Å². The lowest BCUT2D eigenvalue weighted by Crippen LogP contribution is -2.25. The van der Waals surface area contributed by atoms with Gasteiger partial charge in [0.25, 0.3) is 0 Å². The lowest BCUT2D eigenvalue weighted by atomic mass is 10.1. The van der Waals surface area contributed by atoms with Crippen LogP contribution in [0.1, 0.15) is 17.7 Å². The smallest absolute Gasteiger partial charge is 0.338 e. The highest BCUT2D eigenvalue weighted by Gasteiger charge is 2.30. The monoisotopic (exact) mass is 496 g/mol. The van der Waals surface area contributed by atoms with Crippen molar-refractivity contribution in [3.8, 4) is 5.69 Å². The lowest BCUT2D eigenvalue weighted by molar-refractivity contribution is -0.128. The molecule has 0 aliphatic carbocycles. The Morgan fingerprint density at radius 3 is 2.43 bits per heavy atom. The molecule has 5 aromatic rings. The second-order valence-corrected chi connectivity index (χ2v) is 9.20. The molecule has 0 bridgehead atoms. The SMILES string of the molecule is O=C1CC(Cn2cc(Cn3nc4c(=O)n(-c5ccccc5)ccn4c3=O)nn2)CN1Cc1ccccc1. The summed E-state index contributed by atoms with van der Waals surface area (Å²) in [4.78, 5) is 40.2. The first-order chi connectivity index (χ1) is 18.0. The normalized spacial score (nSPS) is 15.6. The van der Waals surface area contributed by atoms with Crippen LogP contribution in [0.2, 0.25) is 0 Å². The number of fused-ring (bicyclic) bond motifs is 1. The molecule has 0 saturated carbocycles. The Labute approximate surface area is 210 Å². The van der Waals surface area contributed by atoms with Gasteiger partial charge in [0.1, 0.15) is 5.69 Å². The molecule has 11 heteroatoms. The standard InChI is InChI=1S/C26H24N8O3/c35-23-13-20(15-30(23)14-19-7-3-1-4-8-19)16-31-17-21(27-29-31)18-34-26(37)33-12-11-32(25(36)24(33)28-34)22-9-5-2-6-10-22/h1-12,17,20H,13-16,18H2. The molecule has 4 heterocycles. The van der Waals surface area contributed by atoms with Crippen LogP contribution in [0.3, 0.4) is 0 Å². The van der Waals surface area contributed by atoms with Crippen LogP contribution in [-0.2, 0) is 24.4 Å². The van der Waals surface area contributed by atoms with Gasteiger partial charge in [0.05, 0.1) is 12.7 Å². The number of benzene rings is 2. The lowest BCUT2D eigenvalue weighted by Gasteiger charge is -2.16. The molecule has 2 aromatic carbocycles. The van der Waals surface area contributed by atoms with Gasteiger partial charge in [0.2, 0.25) is 11.6 Å². The average Bonchev–Trinajstić information content (AvgIpc) is 3.59. The zero-order chi connectivity index (χ0) is 25.4. The van der Waals surface area contributed by atoms with Crippen LogP contribution >= 0.6 is 0 Å². The van der Waals surface area contributed by atoms with E-state index in [1.807, 2.05) is 65.6 Å². The Balaban J connectivity index is 1.16. The predicted octanol–water partition coefficient (Wildman–Crippen LogP) is 1.34. The van der Waals surface area contributed by atoms with Crippen LogP contribution in [0, 0.1) is 5.92 Å². The molecule has 1 unspecified atom stereocenters. The summed E-state index contributed by atoms with van der Waals surface area (Å²) in [7, 11) is 0. The Kier molecular flexibility index (Phi) is 5.72. The average molecular weight is 497 g/mol. The second-order valence-electron chi connectivity index (χ2n) is 9.20. The minimum atomic E-state index is -0.431. The number of hydrogen-bond donors (Lipinski definition) is 0. The van der Waals surface area contributed by atoms with Gasteiger partial charge < -0.3 is 4.90 Å². The van der Waals surface area contributed by atoms with Gasteiger partial charge in [-0.15, -0.1) is 10.2 Å². The van der Waals surface area contributed by atoms with Crippen molar-refractivity contribution in [1.82, 2.24) is 38.6 Å². The third-order valence-electron chi connectivity index (χ3n) is 6.53. The van der Waals surface area contributed by atoms with Crippen LogP contribution in [-0.4, -0.2) is 51.1 Å². The van der Waals surface area contributed by atoms with Crippen molar-refractivity contribution in [2.45, 2.75) is 26.1 Å². The summed E-state index contributed by atoms with van der Waals surface area (Å²) in [6, 6.07) is 19.1. The zero-order valence-corrected chi connectivity index (χ0v) is 19.9. The molecule has 6 rings (SSSR count). The number of carbonyl (C=O) groups excluding carboxylic acids is 1. The fourth-order valence-corrected chi connectivity index (χ4v) is 4.76. The molecule has 1 atom stereocenters. The van der Waals surface area contributed by atoms with E-state index in [1.54, 1.807) is 17.1 Å². The summed E-state index contributed by atoms with van der Waals surface area (Å²) in [5, 5.41) is 12.6. The van der Waals surface area contributed by atoms with E-state index in [0.29, 0.717) is 37.4 Å². The van der Waals surface area contributed by atoms with Crippen molar-refractivity contribution in [2.75, 3.05) is 6.54 Å². The number of para-hydroxylation sites is 1. The highest BCUT2D eigenvalue weighted by Crippen LogP contribution is 2.21. The summed E-state index contributed by atoms with van der Waals surface area (Å²) < 4.78 is 5.59. The zero-order valence-electron chi connectivity index (χ0n) is 19.9. The quantitative estimate of drug-likeness (QED) is 0.336. The third-order valence-corrected chi connectivity index (χ3v) is 6.53. The van der Waals surface area contributed by atoms with Gasteiger partial charge >= 0.3 is 11.2 Å².